The number of carboxylic acids is 1. The number of methoxy groups -OCH3 is 1. The Morgan fingerprint density at radius 3 is 2.50 bits per heavy atom. The van der Waals surface area contributed by atoms with E-state index in [0.717, 1.165) is 17.0 Å². The lowest BCUT2D eigenvalue weighted by Crippen LogP contribution is -2.03. The van der Waals surface area contributed by atoms with Crippen LogP contribution in [0.3, 0.4) is 0 Å². The molecule has 6 heteroatoms. The van der Waals surface area contributed by atoms with Gasteiger partial charge in [0.2, 0.25) is 5.76 Å². The highest BCUT2D eigenvalue weighted by atomic mass is 16.5. The van der Waals surface area contributed by atoms with Crippen molar-refractivity contribution in [3.05, 3.63) is 65.2 Å². The maximum Gasteiger partial charge on any atom is 0.371 e. The number of hydrogen-bond acceptors (Lipinski definition) is 4. The predicted octanol–water partition coefficient (Wildman–Crippen LogP) is 2.32. The Labute approximate surface area is 126 Å². The van der Waals surface area contributed by atoms with Crippen LogP contribution in [0, 0.1) is 0 Å². The standard InChI is InChI=1S/C16H15NO5/c1-22-13-4-2-10(3-5-13)6-12-7-11(9-17-12)14(18)8-15(19)16(20)21/h2-5,7-9,17,19H,6H2,1H3,(H,20,21). The van der Waals surface area contributed by atoms with E-state index in [-0.39, 0.29) is 5.56 Å². The van der Waals surface area contributed by atoms with Crippen LogP contribution in [0.4, 0.5) is 0 Å². The van der Waals surface area contributed by atoms with Gasteiger partial charge in [0.1, 0.15) is 5.75 Å². The Morgan fingerprint density at radius 2 is 1.91 bits per heavy atom. The third-order valence-corrected chi connectivity index (χ3v) is 3.07. The number of H-pyrrole nitrogens is 1. The molecule has 0 amide bonds. The summed E-state index contributed by atoms with van der Waals surface area (Å²) >= 11 is 0. The number of nitrogens with one attached hydrogen (secondary N) is 1. The summed E-state index contributed by atoms with van der Waals surface area (Å²) in [7, 11) is 1.60. The zero-order valence-corrected chi connectivity index (χ0v) is 11.9. The maximum atomic E-state index is 11.8. The number of carbonyl (C=O) groups excluding carboxylic acids is 1. The molecule has 114 valence electrons. The van der Waals surface area contributed by atoms with Gasteiger partial charge in [-0.2, -0.15) is 0 Å². The van der Waals surface area contributed by atoms with E-state index in [4.69, 9.17) is 14.9 Å². The number of hydrogen-bond donors (Lipinski definition) is 3. The first-order valence-corrected chi connectivity index (χ1v) is 6.48. The van der Waals surface area contributed by atoms with Crippen molar-refractivity contribution in [2.24, 2.45) is 0 Å². The van der Waals surface area contributed by atoms with Gasteiger partial charge in [0.05, 0.1) is 7.11 Å². The summed E-state index contributed by atoms with van der Waals surface area (Å²) in [6, 6.07) is 9.14. The minimum absolute atomic E-state index is 0.288. The molecule has 1 aromatic carbocycles. The van der Waals surface area contributed by atoms with Crippen molar-refractivity contribution in [1.29, 1.82) is 0 Å². The summed E-state index contributed by atoms with van der Waals surface area (Å²) in [6.45, 7) is 0. The van der Waals surface area contributed by atoms with Gasteiger partial charge in [-0.05, 0) is 23.8 Å². The van der Waals surface area contributed by atoms with Gasteiger partial charge in [0.15, 0.2) is 5.78 Å². The van der Waals surface area contributed by atoms with Crippen molar-refractivity contribution in [2.45, 2.75) is 6.42 Å². The second-order valence-electron chi connectivity index (χ2n) is 4.64. The molecule has 1 heterocycles. The predicted molar refractivity (Wildman–Crippen MR) is 79.3 cm³/mol. The molecule has 0 saturated carbocycles. The first kappa shape index (κ1) is 15.4. The molecule has 3 N–H and O–H groups in total. The number of aliphatic carboxylic acids is 1. The summed E-state index contributed by atoms with van der Waals surface area (Å²) in [5, 5.41) is 17.6. The second kappa shape index (κ2) is 6.62. The van der Waals surface area contributed by atoms with E-state index in [0.29, 0.717) is 12.5 Å². The minimum Gasteiger partial charge on any atom is -0.502 e. The SMILES string of the molecule is COc1ccc(Cc2cc(C(=O)C=C(O)C(=O)O)c[nH]2)cc1. The number of aliphatic hydroxyl groups excluding tert-OH is 1. The molecule has 2 rings (SSSR count). The van der Waals surface area contributed by atoms with Crippen molar-refractivity contribution in [3.8, 4) is 5.75 Å². The van der Waals surface area contributed by atoms with Gasteiger partial charge < -0.3 is 19.9 Å². The van der Waals surface area contributed by atoms with Crippen LogP contribution in [0.15, 0.2) is 48.4 Å². The first-order chi connectivity index (χ1) is 10.5. The largest absolute Gasteiger partial charge is 0.502 e. The normalized spacial score (nSPS) is 11.2. The summed E-state index contributed by atoms with van der Waals surface area (Å²) in [6.07, 6.45) is 2.75. The minimum atomic E-state index is -1.54. The van der Waals surface area contributed by atoms with E-state index < -0.39 is 17.5 Å². The van der Waals surface area contributed by atoms with E-state index in [2.05, 4.69) is 4.98 Å². The van der Waals surface area contributed by atoms with Crippen LogP contribution in [0.2, 0.25) is 0 Å². The van der Waals surface area contributed by atoms with Gasteiger partial charge in [0, 0.05) is 30.0 Å². The van der Waals surface area contributed by atoms with E-state index in [9.17, 15) is 9.59 Å². The van der Waals surface area contributed by atoms with Crippen LogP contribution >= 0.6 is 0 Å². The maximum absolute atomic E-state index is 11.8. The number of ether oxygens (including phenoxy) is 1. The molecule has 0 fully saturated rings. The van der Waals surface area contributed by atoms with Crippen LogP contribution < -0.4 is 4.74 Å². The molecule has 1 aromatic heterocycles. The molecule has 0 unspecified atom stereocenters. The lowest BCUT2D eigenvalue weighted by atomic mass is 10.1. The van der Waals surface area contributed by atoms with Gasteiger partial charge >= 0.3 is 5.97 Å². The summed E-state index contributed by atoms with van der Waals surface area (Å²) in [5.41, 5.74) is 2.12. The monoisotopic (exact) mass is 301 g/mol. The van der Waals surface area contributed by atoms with E-state index >= 15 is 0 Å². The average Bonchev–Trinajstić information content (AvgIpc) is 2.96. The van der Waals surface area contributed by atoms with Gasteiger partial charge in [0.25, 0.3) is 0 Å². The Balaban J connectivity index is 2.09. The highest BCUT2D eigenvalue weighted by Gasteiger charge is 2.11. The second-order valence-corrected chi connectivity index (χ2v) is 4.64. The molecule has 2 aromatic rings. The number of allylic oxidation sites excluding steroid dienone is 1. The number of ketones is 1. The Morgan fingerprint density at radius 1 is 1.23 bits per heavy atom. The fourth-order valence-corrected chi connectivity index (χ4v) is 1.92. The number of aromatic amines is 1. The number of aromatic nitrogens is 1. The highest BCUT2D eigenvalue weighted by molar-refractivity contribution is 6.07. The summed E-state index contributed by atoms with van der Waals surface area (Å²) in [4.78, 5) is 25.2. The quantitative estimate of drug-likeness (QED) is 0.432. The summed E-state index contributed by atoms with van der Waals surface area (Å²) in [5.74, 6) is -2.33. The van der Waals surface area contributed by atoms with Crippen molar-refractivity contribution in [3.63, 3.8) is 0 Å². The first-order valence-electron chi connectivity index (χ1n) is 6.48. The molecular formula is C16H15NO5. The highest BCUT2D eigenvalue weighted by Crippen LogP contribution is 2.15. The number of benzene rings is 1. The summed E-state index contributed by atoms with van der Waals surface area (Å²) < 4.78 is 5.08. The lowest BCUT2D eigenvalue weighted by molar-refractivity contribution is -0.135. The van der Waals surface area contributed by atoms with Gasteiger partial charge in [-0.25, -0.2) is 4.79 Å². The van der Waals surface area contributed by atoms with Crippen molar-refractivity contribution >= 4 is 11.8 Å². The van der Waals surface area contributed by atoms with Crippen molar-refractivity contribution < 1.29 is 24.5 Å². The molecule has 6 nitrogen and oxygen atoms in total. The molecule has 0 aliphatic heterocycles. The third-order valence-electron chi connectivity index (χ3n) is 3.07. The van der Waals surface area contributed by atoms with E-state index in [1.807, 2.05) is 24.3 Å². The van der Waals surface area contributed by atoms with Crippen LogP contribution in [-0.2, 0) is 11.2 Å². The molecule has 0 spiro atoms. The van der Waals surface area contributed by atoms with Crippen LogP contribution in [0.1, 0.15) is 21.6 Å². The molecular weight excluding hydrogens is 286 g/mol. The smallest absolute Gasteiger partial charge is 0.371 e. The number of carboxylic acid groups (broad SMARTS) is 1. The van der Waals surface area contributed by atoms with Gasteiger partial charge in [-0.15, -0.1) is 0 Å². The Bertz CT molecular complexity index is 712. The van der Waals surface area contributed by atoms with Crippen molar-refractivity contribution in [2.75, 3.05) is 7.11 Å². The molecule has 0 saturated heterocycles. The average molecular weight is 301 g/mol. The fourth-order valence-electron chi connectivity index (χ4n) is 1.92. The number of aliphatic hydroxyl groups is 1. The van der Waals surface area contributed by atoms with Gasteiger partial charge in [-0.3, -0.25) is 4.79 Å². The molecule has 0 aliphatic carbocycles. The lowest BCUT2D eigenvalue weighted by Gasteiger charge is -2.02. The zero-order valence-electron chi connectivity index (χ0n) is 11.9. The zero-order chi connectivity index (χ0) is 16.1. The Hall–Kier alpha value is -3.02. The molecule has 0 bridgehead atoms. The number of rotatable bonds is 6. The fraction of sp³-hybridized carbons (Fsp3) is 0.125. The number of carbonyl (C=O) groups is 2. The Kier molecular flexibility index (Phi) is 4.63. The van der Waals surface area contributed by atoms with Crippen molar-refractivity contribution in [1.82, 2.24) is 4.98 Å². The third kappa shape index (κ3) is 3.76. The van der Waals surface area contributed by atoms with E-state index in [1.165, 1.54) is 6.20 Å². The molecule has 0 aliphatic rings. The molecule has 0 radical (unpaired) electrons. The van der Waals surface area contributed by atoms with Crippen LogP contribution in [0.5, 0.6) is 5.75 Å². The molecule has 22 heavy (non-hydrogen) atoms. The molecule has 0 atom stereocenters. The van der Waals surface area contributed by atoms with Gasteiger partial charge in [-0.1, -0.05) is 12.1 Å². The van der Waals surface area contributed by atoms with Crippen LogP contribution in [-0.4, -0.2) is 34.1 Å². The van der Waals surface area contributed by atoms with Crippen LogP contribution in [0.25, 0.3) is 0 Å². The topological polar surface area (TPSA) is 99.6 Å². The van der Waals surface area contributed by atoms with E-state index in [1.54, 1.807) is 13.2 Å².